The third kappa shape index (κ3) is 3.60. The number of carboxylic acid groups (broad SMARTS) is 1. The summed E-state index contributed by atoms with van der Waals surface area (Å²) >= 11 is 1.46. The topological polar surface area (TPSA) is 90.8 Å². The summed E-state index contributed by atoms with van der Waals surface area (Å²) in [6.07, 6.45) is 1.78. The molecule has 0 aromatic carbocycles. The van der Waals surface area contributed by atoms with E-state index in [1.165, 1.54) is 22.7 Å². The monoisotopic (exact) mass is 333 g/mol. The van der Waals surface area contributed by atoms with Crippen molar-refractivity contribution >= 4 is 27.5 Å². The van der Waals surface area contributed by atoms with Gasteiger partial charge in [0.1, 0.15) is 6.04 Å². The molecule has 1 unspecified atom stereocenters. The summed E-state index contributed by atoms with van der Waals surface area (Å²) in [6.45, 7) is 2.25. The average Bonchev–Trinajstić information content (AvgIpc) is 2.84. The van der Waals surface area contributed by atoms with Crippen LogP contribution in [0.3, 0.4) is 0 Å². The van der Waals surface area contributed by atoms with E-state index in [4.69, 9.17) is 0 Å². The molecule has 0 amide bonds. The predicted molar refractivity (Wildman–Crippen MR) is 79.2 cm³/mol. The van der Waals surface area contributed by atoms with Crippen molar-refractivity contribution in [2.45, 2.75) is 38.8 Å². The van der Waals surface area contributed by atoms with Crippen molar-refractivity contribution in [2.75, 3.05) is 13.6 Å². The Balaban J connectivity index is 2.17. The highest BCUT2D eigenvalue weighted by molar-refractivity contribution is 7.86. The molecular weight excluding hydrogens is 314 g/mol. The Morgan fingerprint density at radius 3 is 2.86 bits per heavy atom. The lowest BCUT2D eigenvalue weighted by Crippen LogP contribution is -2.52. The first-order valence-electron chi connectivity index (χ1n) is 6.69. The molecule has 1 fully saturated rings. The SMILES string of the molecule is Cc1nc(CN(C)S(=O)(=O)N2CCCCC2C(=O)O)cs1. The van der Waals surface area contributed by atoms with E-state index < -0.39 is 22.2 Å². The van der Waals surface area contributed by atoms with Gasteiger partial charge in [-0.05, 0) is 26.2 Å². The Morgan fingerprint density at radius 2 is 2.29 bits per heavy atom. The van der Waals surface area contributed by atoms with E-state index >= 15 is 0 Å². The first-order chi connectivity index (χ1) is 9.82. The number of piperidine rings is 1. The van der Waals surface area contributed by atoms with Crippen LogP contribution in [0.15, 0.2) is 5.38 Å². The zero-order valence-corrected chi connectivity index (χ0v) is 13.7. The van der Waals surface area contributed by atoms with Gasteiger partial charge in [0.25, 0.3) is 10.2 Å². The zero-order chi connectivity index (χ0) is 15.6. The van der Waals surface area contributed by atoms with Crippen LogP contribution >= 0.6 is 11.3 Å². The smallest absolute Gasteiger partial charge is 0.322 e. The van der Waals surface area contributed by atoms with Gasteiger partial charge in [-0.3, -0.25) is 4.79 Å². The molecule has 21 heavy (non-hydrogen) atoms. The van der Waals surface area contributed by atoms with E-state index in [9.17, 15) is 18.3 Å². The van der Waals surface area contributed by atoms with Gasteiger partial charge in [0.15, 0.2) is 0 Å². The number of carboxylic acids is 1. The van der Waals surface area contributed by atoms with Crippen molar-refractivity contribution < 1.29 is 18.3 Å². The molecule has 1 aliphatic heterocycles. The Labute approximate surface area is 128 Å². The van der Waals surface area contributed by atoms with Gasteiger partial charge >= 0.3 is 5.97 Å². The minimum atomic E-state index is -3.79. The Morgan fingerprint density at radius 1 is 1.57 bits per heavy atom. The fraction of sp³-hybridized carbons (Fsp3) is 0.667. The number of carbonyl (C=O) groups is 1. The predicted octanol–water partition coefficient (Wildman–Crippen LogP) is 1.07. The summed E-state index contributed by atoms with van der Waals surface area (Å²) in [5, 5.41) is 11.9. The molecule has 0 radical (unpaired) electrons. The second-order valence-corrected chi connectivity index (χ2v) is 8.13. The van der Waals surface area contributed by atoms with Crippen molar-refractivity contribution in [3.8, 4) is 0 Å². The van der Waals surface area contributed by atoms with Crippen LogP contribution in [0.25, 0.3) is 0 Å². The van der Waals surface area contributed by atoms with Gasteiger partial charge < -0.3 is 5.11 Å². The Kier molecular flexibility index (Phi) is 4.97. The van der Waals surface area contributed by atoms with Gasteiger partial charge in [0.2, 0.25) is 0 Å². The molecule has 9 heteroatoms. The van der Waals surface area contributed by atoms with Crippen molar-refractivity contribution in [1.29, 1.82) is 0 Å². The molecule has 118 valence electrons. The lowest BCUT2D eigenvalue weighted by molar-refractivity contribution is -0.142. The van der Waals surface area contributed by atoms with E-state index in [0.29, 0.717) is 18.5 Å². The Bertz CT molecular complexity index is 614. The number of nitrogens with zero attached hydrogens (tertiary/aromatic N) is 3. The highest BCUT2D eigenvalue weighted by Crippen LogP contribution is 2.23. The lowest BCUT2D eigenvalue weighted by atomic mass is 10.1. The molecule has 0 aliphatic carbocycles. The largest absolute Gasteiger partial charge is 0.480 e. The van der Waals surface area contributed by atoms with Crippen LogP contribution in [0, 0.1) is 6.92 Å². The third-order valence-corrected chi connectivity index (χ3v) is 6.25. The van der Waals surface area contributed by atoms with E-state index in [0.717, 1.165) is 15.7 Å². The molecule has 1 aromatic heterocycles. The van der Waals surface area contributed by atoms with Gasteiger partial charge in [-0.25, -0.2) is 4.98 Å². The molecular formula is C12H19N3O4S2. The maximum absolute atomic E-state index is 12.6. The van der Waals surface area contributed by atoms with Crippen LogP contribution < -0.4 is 0 Å². The van der Waals surface area contributed by atoms with Crippen LogP contribution in [0.5, 0.6) is 0 Å². The van der Waals surface area contributed by atoms with Crippen LogP contribution in [0.2, 0.25) is 0 Å². The molecule has 0 saturated carbocycles. The van der Waals surface area contributed by atoms with Crippen LogP contribution in [-0.4, -0.2) is 52.7 Å². The van der Waals surface area contributed by atoms with Crippen molar-refractivity contribution in [3.05, 3.63) is 16.1 Å². The van der Waals surface area contributed by atoms with E-state index in [1.807, 2.05) is 12.3 Å². The molecule has 0 bridgehead atoms. The van der Waals surface area contributed by atoms with Crippen LogP contribution in [0.1, 0.15) is 30.0 Å². The summed E-state index contributed by atoms with van der Waals surface area (Å²) < 4.78 is 27.4. The number of aliphatic carboxylic acids is 1. The summed E-state index contributed by atoms with van der Waals surface area (Å²) in [4.78, 5) is 15.5. The van der Waals surface area contributed by atoms with Gasteiger partial charge in [-0.15, -0.1) is 11.3 Å². The summed E-state index contributed by atoms with van der Waals surface area (Å²) in [5.74, 6) is -1.09. The number of thiazole rings is 1. The quantitative estimate of drug-likeness (QED) is 0.870. The van der Waals surface area contributed by atoms with Gasteiger partial charge in [0, 0.05) is 19.0 Å². The van der Waals surface area contributed by atoms with Gasteiger partial charge in [-0.2, -0.15) is 17.0 Å². The van der Waals surface area contributed by atoms with Gasteiger partial charge in [0.05, 0.1) is 17.2 Å². The molecule has 1 N–H and O–H groups in total. The number of rotatable bonds is 5. The second kappa shape index (κ2) is 6.39. The summed E-state index contributed by atoms with van der Waals surface area (Å²) in [7, 11) is -2.34. The number of aryl methyl sites for hydroxylation is 1. The number of hydrogen-bond acceptors (Lipinski definition) is 5. The molecule has 1 atom stereocenters. The normalized spacial score (nSPS) is 20.8. The highest BCUT2D eigenvalue weighted by Gasteiger charge is 2.38. The average molecular weight is 333 g/mol. The number of hydrogen-bond donors (Lipinski definition) is 1. The lowest BCUT2D eigenvalue weighted by Gasteiger charge is -2.34. The summed E-state index contributed by atoms with van der Waals surface area (Å²) in [6, 6.07) is -0.969. The zero-order valence-electron chi connectivity index (χ0n) is 12.0. The molecule has 2 heterocycles. The van der Waals surface area contributed by atoms with Crippen LogP contribution in [0.4, 0.5) is 0 Å². The maximum Gasteiger partial charge on any atom is 0.322 e. The van der Waals surface area contributed by atoms with E-state index in [-0.39, 0.29) is 13.1 Å². The van der Waals surface area contributed by atoms with Gasteiger partial charge in [-0.1, -0.05) is 0 Å². The van der Waals surface area contributed by atoms with Crippen molar-refractivity contribution in [1.82, 2.24) is 13.6 Å². The Hall–Kier alpha value is -1.03. The first kappa shape index (κ1) is 16.3. The highest BCUT2D eigenvalue weighted by atomic mass is 32.2. The fourth-order valence-corrected chi connectivity index (χ4v) is 4.53. The molecule has 1 saturated heterocycles. The van der Waals surface area contributed by atoms with Crippen molar-refractivity contribution in [2.24, 2.45) is 0 Å². The minimum Gasteiger partial charge on any atom is -0.480 e. The van der Waals surface area contributed by atoms with Crippen LogP contribution in [-0.2, 0) is 21.5 Å². The standard InChI is InChI=1S/C12H19N3O4S2/c1-9-13-10(8-20-9)7-14(2)21(18,19)15-6-4-3-5-11(15)12(16)17/h8,11H,3-7H2,1-2H3,(H,16,17). The summed E-state index contributed by atoms with van der Waals surface area (Å²) in [5.41, 5.74) is 0.674. The second-order valence-electron chi connectivity index (χ2n) is 5.08. The van der Waals surface area contributed by atoms with Crippen molar-refractivity contribution in [3.63, 3.8) is 0 Å². The molecule has 1 aromatic rings. The molecule has 1 aliphatic rings. The first-order valence-corrected chi connectivity index (χ1v) is 8.97. The molecule has 2 rings (SSSR count). The minimum absolute atomic E-state index is 0.148. The number of aromatic nitrogens is 1. The third-order valence-electron chi connectivity index (χ3n) is 3.48. The maximum atomic E-state index is 12.6. The molecule has 7 nitrogen and oxygen atoms in total. The molecule has 0 spiro atoms. The van der Waals surface area contributed by atoms with E-state index in [1.54, 1.807) is 0 Å². The fourth-order valence-electron chi connectivity index (χ4n) is 2.40. The van der Waals surface area contributed by atoms with E-state index in [2.05, 4.69) is 4.98 Å².